The molecule has 0 aromatic heterocycles. The van der Waals surface area contributed by atoms with E-state index in [1.165, 1.54) is 13.8 Å². The van der Waals surface area contributed by atoms with Crippen LogP contribution in [0.4, 0.5) is 0 Å². The maximum absolute atomic E-state index is 13.7. The first kappa shape index (κ1) is 50.5. The Morgan fingerprint density at radius 1 is 0.687 bits per heavy atom. The summed E-state index contributed by atoms with van der Waals surface area (Å²) in [6, 6.07) is 8.77. The lowest BCUT2D eigenvalue weighted by Gasteiger charge is -2.66. The molecule has 3 saturated carbocycles. The van der Waals surface area contributed by atoms with Gasteiger partial charge in [-0.3, -0.25) is 9.59 Å². The predicted octanol–water partition coefficient (Wildman–Crippen LogP) is 5.76. The standard InChI is InChI=1S/C51H74O16/c1-27(52)35-18-21-51(56)49(35,7)40(65-47(54)32-14-12-11-13-15-32)26-39-48(6)19-17-34(22-33(48)16-20-50(39,51)55)64-41-23-37(58-9)45(29(3)60-41)67-43-25-38(59-10)46(30(4)62-43)66-42-24-36(57-8)44(28(2)61-42)63-31(5)53/h11-16,28-30,34-46,55-56H,17-26H2,1-10H3/t28-,29-,30-,34+,35+,36-,37+,38+,39-,40-,41+,42+,43+,44-,45-,46-,48+,49+,50+,51-/m1/s1. The average molecular weight is 943 g/mol. The second-order valence-corrected chi connectivity index (χ2v) is 20.8. The van der Waals surface area contributed by atoms with Crippen LogP contribution in [0.25, 0.3) is 0 Å². The van der Waals surface area contributed by atoms with Crippen molar-refractivity contribution in [1.82, 2.24) is 0 Å². The number of fused-ring (bicyclic) bond motifs is 5. The Morgan fingerprint density at radius 2 is 1.22 bits per heavy atom. The monoisotopic (exact) mass is 942 g/mol. The van der Waals surface area contributed by atoms with Crippen LogP contribution >= 0.6 is 0 Å². The number of Topliss-reactive ketones (excluding diaryl/α,β-unsaturated/α-hetero) is 1. The van der Waals surface area contributed by atoms with E-state index in [1.54, 1.807) is 45.6 Å². The lowest BCUT2D eigenvalue weighted by atomic mass is 9.43. The van der Waals surface area contributed by atoms with Gasteiger partial charge in [0.2, 0.25) is 0 Å². The Labute approximate surface area is 394 Å². The smallest absolute Gasteiger partial charge is 0.338 e. The maximum Gasteiger partial charge on any atom is 0.338 e. The van der Waals surface area contributed by atoms with Gasteiger partial charge in [0.05, 0.1) is 42.2 Å². The lowest BCUT2D eigenvalue weighted by molar-refractivity contribution is -0.339. The van der Waals surface area contributed by atoms with Gasteiger partial charge < -0.3 is 62.3 Å². The van der Waals surface area contributed by atoms with Gasteiger partial charge in [0, 0.05) is 64.8 Å². The molecule has 3 aliphatic heterocycles. The average Bonchev–Trinajstić information content (AvgIpc) is 3.59. The van der Waals surface area contributed by atoms with Gasteiger partial charge in [-0.2, -0.15) is 0 Å². The zero-order chi connectivity index (χ0) is 48.2. The molecule has 4 aliphatic carbocycles. The van der Waals surface area contributed by atoms with E-state index in [0.717, 1.165) is 5.57 Å². The SMILES string of the molecule is CO[C@H]1C[C@H](O[C@H]2CC[C@@]3(C)C(=CC[C@]4(O)[C@@H]3C[C@@H](OC(=O)c3ccccc3)[C@]3(C)[C@H](C(C)=O)CC[C@@]34O)C2)O[C@H](C)[C@H]1O[C@H]1C[C@H](OC)[C@H](O[C@H]2C[C@@H](OC)[C@H](OC(C)=O)[C@@H](C)O2)[C@@H](C)O1. The van der Waals surface area contributed by atoms with Crippen molar-refractivity contribution in [3.63, 3.8) is 0 Å². The predicted molar refractivity (Wildman–Crippen MR) is 239 cm³/mol. The number of ether oxygens (including phenoxy) is 11. The van der Waals surface area contributed by atoms with Crippen LogP contribution in [0.3, 0.4) is 0 Å². The first-order valence-electron chi connectivity index (χ1n) is 24.4. The number of benzene rings is 1. The molecule has 67 heavy (non-hydrogen) atoms. The van der Waals surface area contributed by atoms with E-state index in [2.05, 4.69) is 13.0 Å². The van der Waals surface area contributed by atoms with E-state index in [9.17, 15) is 24.6 Å². The zero-order valence-corrected chi connectivity index (χ0v) is 40.9. The largest absolute Gasteiger partial charge is 0.458 e. The molecule has 2 N–H and O–H groups in total. The number of carbonyl (C=O) groups is 3. The molecule has 3 saturated heterocycles. The van der Waals surface area contributed by atoms with Crippen molar-refractivity contribution in [2.75, 3.05) is 21.3 Å². The van der Waals surface area contributed by atoms with Crippen molar-refractivity contribution in [3.8, 4) is 0 Å². The van der Waals surface area contributed by atoms with Crippen LogP contribution in [0.2, 0.25) is 0 Å². The molecule has 0 amide bonds. The molecule has 16 nitrogen and oxygen atoms in total. The number of esters is 2. The summed E-state index contributed by atoms with van der Waals surface area (Å²) in [7, 11) is 4.86. The summed E-state index contributed by atoms with van der Waals surface area (Å²) in [4.78, 5) is 38.6. The van der Waals surface area contributed by atoms with Gasteiger partial charge >= 0.3 is 11.9 Å². The molecule has 0 bridgehead atoms. The van der Waals surface area contributed by atoms with Crippen molar-refractivity contribution >= 4 is 17.7 Å². The summed E-state index contributed by atoms with van der Waals surface area (Å²) in [6.07, 6.45) is -0.444. The highest BCUT2D eigenvalue weighted by Gasteiger charge is 2.77. The fourth-order valence-electron chi connectivity index (χ4n) is 13.6. The Balaban J connectivity index is 0.901. The first-order chi connectivity index (χ1) is 31.8. The first-order valence-corrected chi connectivity index (χ1v) is 24.4. The summed E-state index contributed by atoms with van der Waals surface area (Å²) in [5.41, 5.74) is -3.40. The zero-order valence-electron chi connectivity index (χ0n) is 40.9. The van der Waals surface area contributed by atoms with Crippen LogP contribution in [-0.2, 0) is 61.7 Å². The summed E-state index contributed by atoms with van der Waals surface area (Å²) in [5.74, 6) is -2.02. The van der Waals surface area contributed by atoms with E-state index in [-0.39, 0.29) is 36.9 Å². The molecule has 8 rings (SSSR count). The topological polar surface area (TPSA) is 193 Å². The molecule has 374 valence electrons. The van der Waals surface area contributed by atoms with Gasteiger partial charge in [-0.25, -0.2) is 4.79 Å². The third-order valence-electron chi connectivity index (χ3n) is 17.2. The highest BCUT2D eigenvalue weighted by Crippen LogP contribution is 2.70. The van der Waals surface area contributed by atoms with Gasteiger partial charge in [-0.15, -0.1) is 0 Å². The third kappa shape index (κ3) is 9.09. The lowest BCUT2D eigenvalue weighted by Crippen LogP contribution is -2.75. The van der Waals surface area contributed by atoms with E-state index in [0.29, 0.717) is 56.9 Å². The molecule has 3 heterocycles. The number of ketones is 1. The minimum atomic E-state index is -1.67. The van der Waals surface area contributed by atoms with Gasteiger partial charge in [-0.1, -0.05) is 43.7 Å². The van der Waals surface area contributed by atoms with Crippen LogP contribution in [0.5, 0.6) is 0 Å². The molecule has 6 fully saturated rings. The molecular weight excluding hydrogens is 869 g/mol. The van der Waals surface area contributed by atoms with Crippen molar-refractivity contribution in [1.29, 1.82) is 0 Å². The Hall–Kier alpha value is -2.87. The Bertz CT molecular complexity index is 1960. The highest BCUT2D eigenvalue weighted by atomic mass is 16.7. The Morgan fingerprint density at radius 3 is 1.76 bits per heavy atom. The normalized spacial score (nSPS) is 46.3. The van der Waals surface area contributed by atoms with Gasteiger partial charge in [0.25, 0.3) is 0 Å². The fraction of sp³-hybridized carbons (Fsp3) is 0.784. The highest BCUT2D eigenvalue weighted by molar-refractivity contribution is 5.89. The third-order valence-corrected chi connectivity index (χ3v) is 17.2. The summed E-state index contributed by atoms with van der Waals surface area (Å²) < 4.78 is 68.4. The molecule has 20 atom stereocenters. The van der Waals surface area contributed by atoms with Crippen LogP contribution in [0, 0.1) is 22.7 Å². The van der Waals surface area contributed by atoms with Gasteiger partial charge in [0.15, 0.2) is 25.0 Å². The van der Waals surface area contributed by atoms with Crippen LogP contribution in [-0.4, -0.2) is 146 Å². The summed E-state index contributed by atoms with van der Waals surface area (Å²) in [5, 5.41) is 25.8. The fourth-order valence-corrected chi connectivity index (χ4v) is 13.6. The number of rotatable bonds is 13. The quantitative estimate of drug-likeness (QED) is 0.179. The maximum atomic E-state index is 13.7. The van der Waals surface area contributed by atoms with Crippen LogP contribution in [0.1, 0.15) is 123 Å². The number of hydrogen-bond acceptors (Lipinski definition) is 16. The van der Waals surface area contributed by atoms with Crippen molar-refractivity contribution in [2.24, 2.45) is 22.7 Å². The molecule has 1 aromatic rings. The number of carbonyl (C=O) groups excluding carboxylic acids is 3. The van der Waals surface area contributed by atoms with Gasteiger partial charge in [-0.05, 0) is 90.2 Å². The molecule has 1 aromatic carbocycles. The van der Waals surface area contributed by atoms with Gasteiger partial charge in [0.1, 0.15) is 41.4 Å². The van der Waals surface area contributed by atoms with E-state index in [4.69, 9.17) is 52.1 Å². The molecule has 7 aliphatic rings. The van der Waals surface area contributed by atoms with Crippen molar-refractivity contribution in [2.45, 2.75) is 210 Å². The van der Waals surface area contributed by atoms with Crippen molar-refractivity contribution < 1.29 is 76.7 Å². The Kier molecular flexibility index (Phi) is 14.9. The van der Waals surface area contributed by atoms with Crippen LogP contribution in [0.15, 0.2) is 42.0 Å². The second-order valence-electron chi connectivity index (χ2n) is 20.8. The van der Waals surface area contributed by atoms with Crippen LogP contribution < -0.4 is 0 Å². The minimum Gasteiger partial charge on any atom is -0.458 e. The van der Waals surface area contributed by atoms with E-state index in [1.807, 2.05) is 33.8 Å². The second kappa shape index (κ2) is 19.7. The molecule has 16 heteroatoms. The van der Waals surface area contributed by atoms with E-state index < -0.39 is 114 Å². The molecule has 0 unspecified atom stereocenters. The summed E-state index contributed by atoms with van der Waals surface area (Å²) >= 11 is 0. The minimum absolute atomic E-state index is 0.0817. The number of methoxy groups -OCH3 is 3. The molecule has 0 spiro atoms. The molecular formula is C51H74O16. The van der Waals surface area contributed by atoms with Crippen molar-refractivity contribution in [3.05, 3.63) is 47.5 Å². The molecule has 0 radical (unpaired) electrons. The summed E-state index contributed by atoms with van der Waals surface area (Å²) in [6.45, 7) is 12.6. The number of aliphatic hydroxyl groups is 2. The number of hydrogen-bond donors (Lipinski definition) is 2. The van der Waals surface area contributed by atoms with E-state index >= 15 is 0 Å².